The third-order valence-corrected chi connectivity index (χ3v) is 4.11. The van der Waals surface area contributed by atoms with Crippen molar-refractivity contribution in [3.8, 4) is 12.3 Å². The topological polar surface area (TPSA) is 60.1 Å². The molecule has 0 saturated carbocycles. The molecule has 0 aliphatic rings. The molecular weight excluding hydrogens is 296 g/mol. The van der Waals surface area contributed by atoms with Gasteiger partial charge < -0.3 is 4.57 Å². The zero-order valence-corrected chi connectivity index (χ0v) is 12.7. The number of benzene rings is 1. The monoisotopic (exact) mass is 308 g/mol. The fourth-order valence-electron chi connectivity index (χ4n) is 2.06. The number of fused-ring (bicyclic) bond motifs is 1. The van der Waals surface area contributed by atoms with Crippen molar-refractivity contribution in [1.82, 2.24) is 14.5 Å². The summed E-state index contributed by atoms with van der Waals surface area (Å²) in [6.45, 7) is 2.38. The van der Waals surface area contributed by atoms with Gasteiger partial charge in [0.2, 0.25) is 0 Å². The Bertz CT molecular complexity index is 948. The maximum atomic E-state index is 12.2. The second-order valence-corrected chi connectivity index (χ2v) is 5.66. The van der Waals surface area contributed by atoms with Crippen LogP contribution < -0.4 is 4.80 Å². The molecule has 1 aromatic carbocycles. The van der Waals surface area contributed by atoms with Gasteiger partial charge in [-0.25, -0.2) is 4.98 Å². The van der Waals surface area contributed by atoms with E-state index in [9.17, 15) is 4.79 Å². The first kappa shape index (κ1) is 14.2. The predicted molar refractivity (Wildman–Crippen MR) is 85.3 cm³/mol. The van der Waals surface area contributed by atoms with Crippen molar-refractivity contribution < 1.29 is 4.79 Å². The van der Waals surface area contributed by atoms with Gasteiger partial charge in [0.05, 0.1) is 23.0 Å². The summed E-state index contributed by atoms with van der Waals surface area (Å²) in [4.78, 5) is 24.8. The minimum absolute atomic E-state index is 0.211. The van der Waals surface area contributed by atoms with Crippen LogP contribution in [0.4, 0.5) is 0 Å². The van der Waals surface area contributed by atoms with Crippen molar-refractivity contribution in [3.63, 3.8) is 0 Å². The van der Waals surface area contributed by atoms with E-state index in [-0.39, 0.29) is 5.69 Å². The maximum absolute atomic E-state index is 12.2. The van der Waals surface area contributed by atoms with Gasteiger partial charge in [-0.15, -0.1) is 6.42 Å². The van der Waals surface area contributed by atoms with Crippen LogP contribution in [-0.4, -0.2) is 20.4 Å². The van der Waals surface area contributed by atoms with Crippen LogP contribution in [0.1, 0.15) is 16.1 Å². The molecule has 0 bridgehead atoms. The van der Waals surface area contributed by atoms with Crippen molar-refractivity contribution in [2.75, 3.05) is 0 Å². The first-order valence-corrected chi connectivity index (χ1v) is 7.39. The summed E-state index contributed by atoms with van der Waals surface area (Å²) in [5, 5.41) is 0. The van der Waals surface area contributed by atoms with E-state index in [0.717, 1.165) is 15.8 Å². The van der Waals surface area contributed by atoms with Crippen LogP contribution in [0.15, 0.2) is 41.8 Å². The molecule has 0 aliphatic carbocycles. The van der Waals surface area contributed by atoms with Crippen LogP contribution in [0.3, 0.4) is 0 Å². The highest BCUT2D eigenvalue weighted by Gasteiger charge is 2.09. The fourth-order valence-corrected chi connectivity index (χ4v) is 3.19. The highest BCUT2D eigenvalue weighted by Crippen LogP contribution is 2.18. The van der Waals surface area contributed by atoms with Gasteiger partial charge in [-0.1, -0.05) is 23.3 Å². The zero-order chi connectivity index (χ0) is 15.5. The van der Waals surface area contributed by atoms with E-state index in [2.05, 4.69) is 26.9 Å². The number of aromatic nitrogens is 3. The summed E-state index contributed by atoms with van der Waals surface area (Å²) in [5.41, 5.74) is 2.33. The minimum Gasteiger partial charge on any atom is -0.305 e. The molecule has 22 heavy (non-hydrogen) atoms. The molecule has 2 heterocycles. The van der Waals surface area contributed by atoms with Gasteiger partial charge in [-0.2, -0.15) is 4.99 Å². The molecule has 6 heteroatoms. The van der Waals surface area contributed by atoms with Gasteiger partial charge in [0.15, 0.2) is 4.80 Å². The number of aryl methyl sites for hydroxylation is 1. The zero-order valence-electron chi connectivity index (χ0n) is 11.9. The van der Waals surface area contributed by atoms with Crippen LogP contribution in [0.25, 0.3) is 10.2 Å². The largest absolute Gasteiger partial charge is 0.305 e. The Morgan fingerprint density at radius 3 is 3.05 bits per heavy atom. The van der Waals surface area contributed by atoms with E-state index in [1.54, 1.807) is 0 Å². The first-order valence-electron chi connectivity index (χ1n) is 6.57. The molecule has 0 saturated heterocycles. The van der Waals surface area contributed by atoms with E-state index in [0.29, 0.717) is 11.3 Å². The molecule has 0 aliphatic heterocycles. The SMILES string of the molecule is C#CCn1c(=NC(=O)c2cnccn2)sc2cc(C)ccc21. The summed E-state index contributed by atoms with van der Waals surface area (Å²) in [5.74, 6) is 2.17. The van der Waals surface area contributed by atoms with Crippen molar-refractivity contribution in [2.24, 2.45) is 4.99 Å². The number of thiazole rings is 1. The molecular formula is C16H12N4OS. The number of nitrogens with zero attached hydrogens (tertiary/aromatic N) is 4. The number of amides is 1. The normalized spacial score (nSPS) is 11.5. The average molecular weight is 308 g/mol. The lowest BCUT2D eigenvalue weighted by Gasteiger charge is -1.99. The Morgan fingerprint density at radius 2 is 2.32 bits per heavy atom. The Labute approximate surface area is 131 Å². The number of carbonyl (C=O) groups is 1. The second kappa shape index (κ2) is 5.92. The lowest BCUT2D eigenvalue weighted by Crippen LogP contribution is -2.16. The number of hydrogen-bond acceptors (Lipinski definition) is 4. The number of carbonyl (C=O) groups excluding carboxylic acids is 1. The molecule has 0 fully saturated rings. The van der Waals surface area contributed by atoms with Crippen LogP contribution in [-0.2, 0) is 6.54 Å². The molecule has 1 amide bonds. The molecule has 0 spiro atoms. The molecule has 108 valence electrons. The van der Waals surface area contributed by atoms with Gasteiger partial charge >= 0.3 is 0 Å². The lowest BCUT2D eigenvalue weighted by atomic mass is 10.2. The molecule has 3 rings (SSSR count). The molecule has 2 aromatic heterocycles. The Kier molecular flexibility index (Phi) is 3.81. The van der Waals surface area contributed by atoms with Crippen molar-refractivity contribution >= 4 is 27.5 Å². The van der Waals surface area contributed by atoms with E-state index in [4.69, 9.17) is 6.42 Å². The maximum Gasteiger partial charge on any atom is 0.299 e. The van der Waals surface area contributed by atoms with E-state index < -0.39 is 5.91 Å². The standard InChI is InChI=1S/C16H12N4OS/c1-3-8-20-13-5-4-11(2)9-14(13)22-16(20)19-15(21)12-10-17-6-7-18-12/h1,4-7,9-10H,8H2,2H3. The Balaban J connectivity index is 2.17. The number of terminal acetylenes is 1. The highest BCUT2D eigenvalue weighted by atomic mass is 32.1. The van der Waals surface area contributed by atoms with Crippen molar-refractivity contribution in [1.29, 1.82) is 0 Å². The van der Waals surface area contributed by atoms with Crippen LogP contribution in [0, 0.1) is 19.3 Å². The van der Waals surface area contributed by atoms with Crippen molar-refractivity contribution in [3.05, 3.63) is 52.8 Å². The van der Waals surface area contributed by atoms with Gasteiger partial charge in [0.1, 0.15) is 5.69 Å². The molecule has 0 atom stereocenters. The quantitative estimate of drug-likeness (QED) is 0.682. The van der Waals surface area contributed by atoms with Gasteiger partial charge in [0.25, 0.3) is 5.91 Å². The number of hydrogen-bond donors (Lipinski definition) is 0. The lowest BCUT2D eigenvalue weighted by molar-refractivity contribution is 0.0993. The molecule has 0 N–H and O–H groups in total. The first-order chi connectivity index (χ1) is 10.7. The Morgan fingerprint density at radius 1 is 1.45 bits per heavy atom. The Hall–Kier alpha value is -2.78. The van der Waals surface area contributed by atoms with E-state index in [1.165, 1.54) is 29.9 Å². The van der Waals surface area contributed by atoms with Gasteiger partial charge in [0, 0.05) is 12.4 Å². The summed E-state index contributed by atoms with van der Waals surface area (Å²) >= 11 is 1.43. The smallest absolute Gasteiger partial charge is 0.299 e. The van der Waals surface area contributed by atoms with Crippen LogP contribution >= 0.6 is 11.3 Å². The van der Waals surface area contributed by atoms with E-state index in [1.807, 2.05) is 23.6 Å². The van der Waals surface area contributed by atoms with E-state index >= 15 is 0 Å². The summed E-state index contributed by atoms with van der Waals surface area (Å²) < 4.78 is 2.90. The van der Waals surface area contributed by atoms with Crippen LogP contribution in [0.5, 0.6) is 0 Å². The van der Waals surface area contributed by atoms with Crippen LogP contribution in [0.2, 0.25) is 0 Å². The third kappa shape index (κ3) is 2.67. The molecule has 5 nitrogen and oxygen atoms in total. The third-order valence-electron chi connectivity index (χ3n) is 3.07. The summed E-state index contributed by atoms with van der Waals surface area (Å²) in [7, 11) is 0. The molecule has 0 unspecified atom stereocenters. The highest BCUT2D eigenvalue weighted by molar-refractivity contribution is 7.16. The number of rotatable bonds is 2. The molecule has 3 aromatic rings. The second-order valence-electron chi connectivity index (χ2n) is 4.65. The summed E-state index contributed by atoms with van der Waals surface area (Å²) in [6.07, 6.45) is 9.81. The fraction of sp³-hybridized carbons (Fsp3) is 0.125. The van der Waals surface area contributed by atoms with Crippen molar-refractivity contribution in [2.45, 2.75) is 13.5 Å². The summed E-state index contributed by atoms with van der Waals surface area (Å²) in [6, 6.07) is 6.06. The predicted octanol–water partition coefficient (Wildman–Crippen LogP) is 2.18. The average Bonchev–Trinajstić information content (AvgIpc) is 2.85. The van der Waals surface area contributed by atoms with Gasteiger partial charge in [-0.05, 0) is 24.6 Å². The minimum atomic E-state index is -0.429. The molecule has 0 radical (unpaired) electrons. The van der Waals surface area contributed by atoms with Gasteiger partial charge in [-0.3, -0.25) is 9.78 Å².